The van der Waals surface area contributed by atoms with Crippen molar-refractivity contribution in [3.8, 4) is 0 Å². The van der Waals surface area contributed by atoms with E-state index in [1.807, 2.05) is 12.1 Å². The van der Waals surface area contributed by atoms with Gasteiger partial charge in [0.1, 0.15) is 11.9 Å². The Morgan fingerprint density at radius 3 is 2.80 bits per heavy atom. The number of allylic oxidation sites excluding steroid dienone is 1. The van der Waals surface area contributed by atoms with E-state index in [0.29, 0.717) is 0 Å². The predicted octanol–water partition coefficient (Wildman–Crippen LogP) is 3.09. The molecule has 0 bridgehead atoms. The molecule has 3 heteroatoms. The lowest BCUT2D eigenvalue weighted by Gasteiger charge is -2.18. The highest BCUT2D eigenvalue weighted by molar-refractivity contribution is 7.12. The lowest BCUT2D eigenvalue weighted by Crippen LogP contribution is -2.08. The van der Waals surface area contributed by atoms with Gasteiger partial charge in [0.25, 0.3) is 0 Å². The maximum absolute atomic E-state index is 10.1. The first-order valence-electron chi connectivity index (χ1n) is 5.26. The van der Waals surface area contributed by atoms with Gasteiger partial charge in [0, 0.05) is 9.75 Å². The molecular formula is C12H16O2S. The van der Waals surface area contributed by atoms with Gasteiger partial charge in [0.15, 0.2) is 0 Å². The Morgan fingerprint density at radius 1 is 1.47 bits per heavy atom. The minimum Gasteiger partial charge on any atom is -0.495 e. The van der Waals surface area contributed by atoms with E-state index < -0.39 is 6.10 Å². The lowest BCUT2D eigenvalue weighted by molar-refractivity contribution is 0.0937. The van der Waals surface area contributed by atoms with Crippen LogP contribution >= 0.6 is 11.3 Å². The van der Waals surface area contributed by atoms with Crippen LogP contribution in [-0.2, 0) is 4.74 Å². The van der Waals surface area contributed by atoms with Crippen molar-refractivity contribution in [3.05, 3.63) is 33.2 Å². The molecule has 1 aromatic rings. The first-order chi connectivity index (χ1) is 7.18. The molecule has 0 saturated carbocycles. The summed E-state index contributed by atoms with van der Waals surface area (Å²) in [6.07, 6.45) is 3.50. The molecule has 1 aliphatic rings. The van der Waals surface area contributed by atoms with Gasteiger partial charge < -0.3 is 9.84 Å². The van der Waals surface area contributed by atoms with Crippen LogP contribution in [0.1, 0.15) is 34.3 Å². The molecule has 1 aliphatic heterocycles. The summed E-state index contributed by atoms with van der Waals surface area (Å²) in [6.45, 7) is 4.87. The van der Waals surface area contributed by atoms with E-state index in [9.17, 15) is 5.11 Å². The van der Waals surface area contributed by atoms with Crippen LogP contribution < -0.4 is 0 Å². The molecule has 1 N–H and O–H groups in total. The topological polar surface area (TPSA) is 29.5 Å². The number of aliphatic hydroxyl groups is 1. The molecule has 82 valence electrons. The van der Waals surface area contributed by atoms with Gasteiger partial charge in [0.2, 0.25) is 0 Å². The van der Waals surface area contributed by atoms with Crippen LogP contribution in [0.3, 0.4) is 0 Å². The molecule has 0 aromatic carbocycles. The van der Waals surface area contributed by atoms with Crippen LogP contribution in [0.2, 0.25) is 0 Å². The second-order valence-electron chi connectivity index (χ2n) is 3.89. The van der Waals surface area contributed by atoms with Gasteiger partial charge in [-0.3, -0.25) is 0 Å². The van der Waals surface area contributed by atoms with Crippen molar-refractivity contribution in [1.29, 1.82) is 0 Å². The average Bonchev–Trinajstić information content (AvgIpc) is 2.59. The highest BCUT2D eigenvalue weighted by Crippen LogP contribution is 2.32. The van der Waals surface area contributed by atoms with Gasteiger partial charge in [-0.1, -0.05) is 0 Å². The van der Waals surface area contributed by atoms with Crippen molar-refractivity contribution in [2.45, 2.75) is 32.8 Å². The van der Waals surface area contributed by atoms with E-state index in [1.165, 1.54) is 10.4 Å². The number of ether oxygens (including phenoxy) is 1. The van der Waals surface area contributed by atoms with Crippen molar-refractivity contribution in [2.24, 2.45) is 0 Å². The molecule has 0 fully saturated rings. The second kappa shape index (κ2) is 4.37. The number of hydrogen-bond acceptors (Lipinski definition) is 3. The molecule has 2 rings (SSSR count). The van der Waals surface area contributed by atoms with E-state index in [2.05, 4.69) is 13.8 Å². The molecule has 1 atom stereocenters. The Bertz CT molecular complexity index is 359. The quantitative estimate of drug-likeness (QED) is 0.836. The van der Waals surface area contributed by atoms with Gasteiger partial charge in [-0.15, -0.1) is 11.3 Å². The Labute approximate surface area is 94.2 Å². The van der Waals surface area contributed by atoms with E-state index in [4.69, 9.17) is 4.74 Å². The van der Waals surface area contributed by atoms with Crippen LogP contribution in [0.4, 0.5) is 0 Å². The van der Waals surface area contributed by atoms with Crippen molar-refractivity contribution < 1.29 is 9.84 Å². The predicted molar refractivity (Wildman–Crippen MR) is 62.0 cm³/mol. The fraction of sp³-hybridized carbons (Fsp3) is 0.500. The number of aliphatic hydroxyl groups excluding tert-OH is 1. The molecule has 1 unspecified atom stereocenters. The van der Waals surface area contributed by atoms with Crippen LogP contribution in [0.15, 0.2) is 17.9 Å². The number of rotatable bonds is 2. The monoisotopic (exact) mass is 224 g/mol. The molecular weight excluding hydrogens is 208 g/mol. The Morgan fingerprint density at radius 2 is 2.27 bits per heavy atom. The molecule has 0 spiro atoms. The SMILES string of the molecule is Cc1cc(C(O)C2=CCCCO2)sc1C. The molecule has 0 amide bonds. The second-order valence-corrected chi connectivity index (χ2v) is 5.18. The summed E-state index contributed by atoms with van der Waals surface area (Å²) >= 11 is 1.65. The Kier molecular flexibility index (Phi) is 3.12. The molecule has 1 aromatic heterocycles. The Hall–Kier alpha value is -0.800. The zero-order chi connectivity index (χ0) is 10.8. The third-order valence-corrected chi connectivity index (χ3v) is 3.89. The van der Waals surface area contributed by atoms with Crippen molar-refractivity contribution in [3.63, 3.8) is 0 Å². The largest absolute Gasteiger partial charge is 0.495 e. The van der Waals surface area contributed by atoms with Crippen LogP contribution in [0.25, 0.3) is 0 Å². The number of thiophene rings is 1. The molecule has 0 aliphatic carbocycles. The zero-order valence-corrected chi connectivity index (χ0v) is 9.93. The Balaban J connectivity index is 2.19. The smallest absolute Gasteiger partial charge is 0.145 e. The molecule has 15 heavy (non-hydrogen) atoms. The van der Waals surface area contributed by atoms with E-state index in [-0.39, 0.29) is 0 Å². The van der Waals surface area contributed by atoms with Crippen molar-refractivity contribution in [1.82, 2.24) is 0 Å². The van der Waals surface area contributed by atoms with Gasteiger partial charge in [0.05, 0.1) is 6.61 Å². The van der Waals surface area contributed by atoms with E-state index >= 15 is 0 Å². The van der Waals surface area contributed by atoms with Crippen LogP contribution in [-0.4, -0.2) is 11.7 Å². The van der Waals surface area contributed by atoms with E-state index in [1.54, 1.807) is 11.3 Å². The summed E-state index contributed by atoms with van der Waals surface area (Å²) < 4.78 is 5.46. The maximum Gasteiger partial charge on any atom is 0.145 e. The summed E-state index contributed by atoms with van der Waals surface area (Å²) in [5.41, 5.74) is 1.24. The summed E-state index contributed by atoms with van der Waals surface area (Å²) in [5, 5.41) is 10.1. The summed E-state index contributed by atoms with van der Waals surface area (Å²) in [7, 11) is 0. The van der Waals surface area contributed by atoms with Gasteiger partial charge >= 0.3 is 0 Å². The highest BCUT2D eigenvalue weighted by atomic mass is 32.1. The highest BCUT2D eigenvalue weighted by Gasteiger charge is 2.19. The van der Waals surface area contributed by atoms with Crippen LogP contribution in [0.5, 0.6) is 0 Å². The summed E-state index contributed by atoms with van der Waals surface area (Å²) in [4.78, 5) is 2.25. The lowest BCUT2D eigenvalue weighted by atomic mass is 10.1. The summed E-state index contributed by atoms with van der Waals surface area (Å²) in [6, 6.07) is 2.05. The number of aryl methyl sites for hydroxylation is 2. The third kappa shape index (κ3) is 2.24. The van der Waals surface area contributed by atoms with Crippen molar-refractivity contribution in [2.75, 3.05) is 6.61 Å². The first kappa shape index (κ1) is 10.7. The third-order valence-electron chi connectivity index (χ3n) is 2.69. The number of hydrogen-bond donors (Lipinski definition) is 1. The normalized spacial score (nSPS) is 18.2. The fourth-order valence-corrected chi connectivity index (χ4v) is 2.68. The zero-order valence-electron chi connectivity index (χ0n) is 9.12. The molecule has 2 heterocycles. The first-order valence-corrected chi connectivity index (χ1v) is 6.08. The van der Waals surface area contributed by atoms with Gasteiger partial charge in [-0.05, 0) is 44.4 Å². The minimum atomic E-state index is -0.567. The van der Waals surface area contributed by atoms with Gasteiger partial charge in [-0.25, -0.2) is 0 Å². The average molecular weight is 224 g/mol. The summed E-state index contributed by atoms with van der Waals surface area (Å²) in [5.74, 6) is 0.725. The van der Waals surface area contributed by atoms with Gasteiger partial charge in [-0.2, -0.15) is 0 Å². The standard InChI is InChI=1S/C12H16O2S/c1-8-7-11(15-9(8)2)12(13)10-5-3-4-6-14-10/h5,7,12-13H,3-4,6H2,1-2H3. The van der Waals surface area contributed by atoms with Crippen molar-refractivity contribution >= 4 is 11.3 Å². The minimum absolute atomic E-state index is 0.567. The maximum atomic E-state index is 10.1. The van der Waals surface area contributed by atoms with E-state index in [0.717, 1.165) is 30.1 Å². The molecule has 0 radical (unpaired) electrons. The fourth-order valence-electron chi connectivity index (χ4n) is 1.64. The molecule has 0 saturated heterocycles. The molecule has 2 nitrogen and oxygen atoms in total. The van der Waals surface area contributed by atoms with Crippen LogP contribution in [0, 0.1) is 13.8 Å².